The van der Waals surface area contributed by atoms with Crippen molar-refractivity contribution in [1.29, 1.82) is 0 Å². The summed E-state index contributed by atoms with van der Waals surface area (Å²) >= 11 is 0. The summed E-state index contributed by atoms with van der Waals surface area (Å²) in [5.41, 5.74) is 1.45. The van der Waals surface area contributed by atoms with E-state index in [-0.39, 0.29) is 24.9 Å². The van der Waals surface area contributed by atoms with Gasteiger partial charge in [-0.25, -0.2) is 13.5 Å². The third kappa shape index (κ3) is 5.34. The highest BCUT2D eigenvalue weighted by molar-refractivity contribution is 6.01. The maximum atomic E-state index is 15.1. The minimum atomic E-state index is -1.28. The molecule has 2 heterocycles. The molecule has 2 amide bonds. The van der Waals surface area contributed by atoms with Crippen molar-refractivity contribution in [1.82, 2.24) is 20.3 Å². The van der Waals surface area contributed by atoms with E-state index >= 15 is 4.39 Å². The van der Waals surface area contributed by atoms with Gasteiger partial charge < -0.3 is 10.1 Å². The van der Waals surface area contributed by atoms with Crippen LogP contribution in [0.25, 0.3) is 11.0 Å². The van der Waals surface area contributed by atoms with Crippen molar-refractivity contribution < 1.29 is 23.1 Å². The molecule has 0 aliphatic carbocycles. The van der Waals surface area contributed by atoms with E-state index in [0.29, 0.717) is 23.2 Å². The molecule has 1 N–H and O–H groups in total. The fourth-order valence-corrected chi connectivity index (χ4v) is 4.48. The van der Waals surface area contributed by atoms with E-state index in [1.165, 1.54) is 47.1 Å². The number of aromatic nitrogens is 3. The van der Waals surface area contributed by atoms with Crippen LogP contribution in [0.3, 0.4) is 0 Å². The third-order valence-corrected chi connectivity index (χ3v) is 6.31. The van der Waals surface area contributed by atoms with Crippen molar-refractivity contribution in [3.63, 3.8) is 0 Å². The highest BCUT2D eigenvalue weighted by atomic mass is 19.1. The maximum Gasteiger partial charge on any atom is 0.249 e. The zero-order valence-electron chi connectivity index (χ0n) is 19.9. The molecule has 8 nitrogen and oxygen atoms in total. The predicted molar refractivity (Wildman–Crippen MR) is 133 cm³/mol. The van der Waals surface area contributed by atoms with E-state index in [1.54, 1.807) is 30.3 Å². The maximum absolute atomic E-state index is 15.1. The SMILES string of the molecule is O=C(NC[C@H]1CCCO1)[C@@H](c1ccc(F)cc1)N(C(=O)Cn1nnc2ccccc21)c1ccccc1F. The number of nitrogens with zero attached hydrogens (tertiary/aromatic N) is 4. The molecular weight excluding hydrogens is 480 g/mol. The molecule has 4 aromatic rings. The molecule has 0 bridgehead atoms. The lowest BCUT2D eigenvalue weighted by molar-refractivity contribution is -0.127. The number of rotatable bonds is 8. The number of carbonyl (C=O) groups is 2. The summed E-state index contributed by atoms with van der Waals surface area (Å²) < 4.78 is 35.9. The fourth-order valence-electron chi connectivity index (χ4n) is 4.48. The Bertz CT molecular complexity index is 1400. The van der Waals surface area contributed by atoms with Gasteiger partial charge in [-0.05, 0) is 54.8 Å². The van der Waals surface area contributed by atoms with Crippen molar-refractivity contribution in [3.05, 3.63) is 90.0 Å². The first-order valence-electron chi connectivity index (χ1n) is 12.0. The molecule has 1 aromatic heterocycles. The van der Waals surface area contributed by atoms with Gasteiger partial charge in [-0.3, -0.25) is 14.5 Å². The van der Waals surface area contributed by atoms with Gasteiger partial charge in [0.2, 0.25) is 11.8 Å². The van der Waals surface area contributed by atoms with Crippen LogP contribution in [0.5, 0.6) is 0 Å². The highest BCUT2D eigenvalue weighted by Crippen LogP contribution is 2.31. The van der Waals surface area contributed by atoms with Crippen LogP contribution in [0.4, 0.5) is 14.5 Å². The highest BCUT2D eigenvalue weighted by Gasteiger charge is 2.35. The second-order valence-corrected chi connectivity index (χ2v) is 8.79. The first kappa shape index (κ1) is 24.5. The quantitative estimate of drug-likeness (QED) is 0.394. The number of halogens is 2. The van der Waals surface area contributed by atoms with E-state index in [1.807, 2.05) is 0 Å². The van der Waals surface area contributed by atoms with Gasteiger partial charge in [-0.2, -0.15) is 0 Å². The van der Waals surface area contributed by atoms with Crippen LogP contribution in [0, 0.1) is 11.6 Å². The molecule has 3 aromatic carbocycles. The Kier molecular flexibility index (Phi) is 7.18. The smallest absolute Gasteiger partial charge is 0.249 e. The Morgan fingerprint density at radius 1 is 1.05 bits per heavy atom. The standard InChI is InChI=1S/C27H25F2N5O3/c28-19-13-11-18(12-14-19)26(27(36)30-16-20-6-5-15-37-20)34(23-9-3-1-7-21(23)29)25(35)17-33-24-10-4-2-8-22(24)31-32-33/h1-4,7-14,20,26H,5-6,15-17H2,(H,30,36)/t20-,26-/m1/s1. The monoisotopic (exact) mass is 505 g/mol. The Morgan fingerprint density at radius 3 is 2.57 bits per heavy atom. The molecule has 1 aliphatic rings. The fraction of sp³-hybridized carbons (Fsp3) is 0.259. The molecule has 5 rings (SSSR count). The number of hydrogen-bond donors (Lipinski definition) is 1. The minimum Gasteiger partial charge on any atom is -0.376 e. The third-order valence-electron chi connectivity index (χ3n) is 6.31. The Morgan fingerprint density at radius 2 is 1.81 bits per heavy atom. The van der Waals surface area contributed by atoms with Crippen molar-refractivity contribution in [2.45, 2.75) is 31.5 Å². The predicted octanol–water partition coefficient (Wildman–Crippen LogP) is 3.78. The normalized spacial score (nSPS) is 16.0. The number of para-hydroxylation sites is 2. The van der Waals surface area contributed by atoms with Crippen molar-refractivity contribution in [3.8, 4) is 0 Å². The van der Waals surface area contributed by atoms with Gasteiger partial charge in [0.1, 0.15) is 29.7 Å². The van der Waals surface area contributed by atoms with Gasteiger partial charge in [-0.15, -0.1) is 5.10 Å². The van der Waals surface area contributed by atoms with Crippen LogP contribution in [0.15, 0.2) is 72.8 Å². The molecule has 0 saturated carbocycles. The topological polar surface area (TPSA) is 89.4 Å². The Labute approximate surface area is 211 Å². The number of ether oxygens (including phenoxy) is 1. The van der Waals surface area contributed by atoms with E-state index in [9.17, 15) is 14.0 Å². The second-order valence-electron chi connectivity index (χ2n) is 8.79. The summed E-state index contributed by atoms with van der Waals surface area (Å²) in [6.45, 7) is 0.558. The van der Waals surface area contributed by atoms with Crippen molar-refractivity contribution in [2.75, 3.05) is 18.1 Å². The largest absolute Gasteiger partial charge is 0.376 e. The average Bonchev–Trinajstić information content (AvgIpc) is 3.58. The number of fused-ring (bicyclic) bond motifs is 1. The lowest BCUT2D eigenvalue weighted by atomic mass is 10.0. The molecule has 0 spiro atoms. The zero-order chi connectivity index (χ0) is 25.8. The van der Waals surface area contributed by atoms with Gasteiger partial charge >= 0.3 is 0 Å². The summed E-state index contributed by atoms with van der Waals surface area (Å²) in [4.78, 5) is 28.6. The summed E-state index contributed by atoms with van der Waals surface area (Å²) in [6, 6.07) is 16.8. The first-order chi connectivity index (χ1) is 18.0. The second kappa shape index (κ2) is 10.8. The van der Waals surface area contributed by atoms with Crippen LogP contribution in [-0.4, -0.2) is 46.1 Å². The minimum absolute atomic E-state index is 0.0847. The van der Waals surface area contributed by atoms with Gasteiger partial charge in [-0.1, -0.05) is 41.6 Å². The van der Waals surface area contributed by atoms with Gasteiger partial charge in [0.05, 0.1) is 17.3 Å². The molecule has 1 aliphatic heterocycles. The molecule has 0 unspecified atom stereocenters. The van der Waals surface area contributed by atoms with Crippen molar-refractivity contribution in [2.24, 2.45) is 0 Å². The van der Waals surface area contributed by atoms with Crippen molar-refractivity contribution >= 4 is 28.5 Å². The van der Waals surface area contributed by atoms with Crippen LogP contribution in [0.2, 0.25) is 0 Å². The molecule has 1 fully saturated rings. The van der Waals surface area contributed by atoms with Crippen LogP contribution in [0.1, 0.15) is 24.4 Å². The number of carbonyl (C=O) groups excluding carboxylic acids is 2. The zero-order valence-corrected chi connectivity index (χ0v) is 19.9. The van der Waals surface area contributed by atoms with E-state index < -0.39 is 29.5 Å². The molecule has 10 heteroatoms. The lowest BCUT2D eigenvalue weighted by Crippen LogP contribution is -2.47. The molecule has 0 radical (unpaired) electrons. The average molecular weight is 506 g/mol. The summed E-state index contributed by atoms with van der Waals surface area (Å²) in [5.74, 6) is -2.32. The molecule has 1 saturated heterocycles. The van der Waals surface area contributed by atoms with Gasteiger partial charge in [0.15, 0.2) is 0 Å². The Balaban J connectivity index is 1.54. The first-order valence-corrected chi connectivity index (χ1v) is 12.0. The number of hydrogen-bond acceptors (Lipinski definition) is 5. The Hall–Kier alpha value is -4.18. The molecule has 2 atom stereocenters. The van der Waals surface area contributed by atoms with Gasteiger partial charge in [0.25, 0.3) is 0 Å². The summed E-state index contributed by atoms with van der Waals surface area (Å²) in [5, 5.41) is 11.0. The molecule has 37 heavy (non-hydrogen) atoms. The summed E-state index contributed by atoms with van der Waals surface area (Å²) in [7, 11) is 0. The van der Waals surface area contributed by atoms with Crippen LogP contribution in [-0.2, 0) is 20.9 Å². The summed E-state index contributed by atoms with van der Waals surface area (Å²) in [6.07, 6.45) is 1.56. The number of nitrogens with one attached hydrogen (secondary N) is 1. The van der Waals surface area contributed by atoms with E-state index in [2.05, 4.69) is 15.6 Å². The van der Waals surface area contributed by atoms with Crippen LogP contribution < -0.4 is 10.2 Å². The number of anilines is 1. The van der Waals surface area contributed by atoms with Crippen LogP contribution >= 0.6 is 0 Å². The molecular formula is C27H25F2N5O3. The van der Waals surface area contributed by atoms with E-state index in [4.69, 9.17) is 4.74 Å². The van der Waals surface area contributed by atoms with E-state index in [0.717, 1.165) is 17.7 Å². The van der Waals surface area contributed by atoms with Gasteiger partial charge in [0, 0.05) is 13.2 Å². The number of amides is 2. The lowest BCUT2D eigenvalue weighted by Gasteiger charge is -2.32. The number of benzene rings is 3. The molecule has 190 valence electrons.